The van der Waals surface area contributed by atoms with Gasteiger partial charge in [0.25, 0.3) is 0 Å². The zero-order chi connectivity index (χ0) is 25.3. The van der Waals surface area contributed by atoms with Gasteiger partial charge < -0.3 is 28.7 Å². The van der Waals surface area contributed by atoms with Gasteiger partial charge in [-0.3, -0.25) is 14.2 Å². The highest BCUT2D eigenvalue weighted by atomic mass is 127. The minimum atomic E-state index is -0.0348. The lowest BCUT2D eigenvalue weighted by Gasteiger charge is -2.53. The molecule has 0 aromatic heterocycles. The summed E-state index contributed by atoms with van der Waals surface area (Å²) in [5.74, 6) is 0.910. The van der Waals surface area contributed by atoms with Crippen LogP contribution < -0.4 is 24.0 Å². The summed E-state index contributed by atoms with van der Waals surface area (Å²) in [6.45, 7) is 8.03. The predicted molar refractivity (Wildman–Crippen MR) is 146 cm³/mol. The molecule has 0 spiro atoms. The van der Waals surface area contributed by atoms with Gasteiger partial charge in [0.05, 0.1) is 20.1 Å². The molecule has 3 atom stereocenters. The third-order valence-corrected chi connectivity index (χ3v) is 9.74. The number of benzene rings is 2. The fourth-order valence-corrected chi connectivity index (χ4v) is 6.96. The van der Waals surface area contributed by atoms with E-state index in [-0.39, 0.29) is 35.5 Å². The molecule has 2 aromatic rings. The molecule has 1 saturated heterocycles. The molecular formula is C31H42ClIN2O2. The number of halogens is 2. The molecule has 2 aromatic carbocycles. The molecular weight excluding hydrogens is 595 g/mol. The van der Waals surface area contributed by atoms with Crippen molar-refractivity contribution >= 4 is 17.6 Å². The number of quaternary nitrogens is 1. The molecule has 1 saturated carbocycles. The van der Waals surface area contributed by atoms with Crippen LogP contribution >= 0.6 is 11.6 Å². The molecule has 5 rings (SSSR count). The van der Waals surface area contributed by atoms with Crippen LogP contribution in [0.1, 0.15) is 87.4 Å². The lowest BCUT2D eigenvalue weighted by atomic mass is 9.87. The van der Waals surface area contributed by atoms with Gasteiger partial charge in [0, 0.05) is 29.9 Å². The van der Waals surface area contributed by atoms with Crippen molar-refractivity contribution in [2.24, 2.45) is 5.92 Å². The number of esters is 1. The van der Waals surface area contributed by atoms with Crippen LogP contribution in [0.2, 0.25) is 5.02 Å². The van der Waals surface area contributed by atoms with Gasteiger partial charge in [0.15, 0.2) is 0 Å². The molecule has 4 nitrogen and oxygen atoms in total. The number of rotatable bonds is 6. The molecule has 37 heavy (non-hydrogen) atoms. The van der Waals surface area contributed by atoms with E-state index in [2.05, 4.69) is 68.3 Å². The maximum atomic E-state index is 12.7. The van der Waals surface area contributed by atoms with Crippen LogP contribution in [0.25, 0.3) is 0 Å². The van der Waals surface area contributed by atoms with Crippen LogP contribution in [0.15, 0.2) is 48.5 Å². The average molecular weight is 637 g/mol. The number of nitrogens with zero attached hydrogens (tertiary/aromatic N) is 2. The van der Waals surface area contributed by atoms with Crippen molar-refractivity contribution in [1.82, 2.24) is 4.90 Å². The van der Waals surface area contributed by atoms with E-state index >= 15 is 0 Å². The fourth-order valence-electron chi connectivity index (χ4n) is 6.78. The summed E-state index contributed by atoms with van der Waals surface area (Å²) in [6.07, 6.45) is 7.86. The number of hydrogen-bond donors (Lipinski definition) is 0. The second kappa shape index (κ2) is 11.9. The van der Waals surface area contributed by atoms with Crippen LogP contribution in [0, 0.1) is 5.92 Å². The Morgan fingerprint density at radius 3 is 2.51 bits per heavy atom. The van der Waals surface area contributed by atoms with Gasteiger partial charge in [-0.15, -0.1) is 0 Å². The molecule has 0 bridgehead atoms. The van der Waals surface area contributed by atoms with Crippen LogP contribution in [0.3, 0.4) is 0 Å². The Morgan fingerprint density at radius 2 is 1.81 bits per heavy atom. The van der Waals surface area contributed by atoms with Crippen molar-refractivity contribution in [3.8, 4) is 0 Å². The minimum Gasteiger partial charge on any atom is -1.00 e. The van der Waals surface area contributed by atoms with Crippen molar-refractivity contribution in [1.29, 1.82) is 0 Å². The van der Waals surface area contributed by atoms with E-state index in [1.807, 2.05) is 6.07 Å². The molecule has 1 heterocycles. The second-order valence-corrected chi connectivity index (χ2v) is 12.7. The lowest BCUT2D eigenvalue weighted by Crippen LogP contribution is -3.00. The normalized spacial score (nSPS) is 27.8. The Bertz CT molecular complexity index is 1070. The largest absolute Gasteiger partial charge is 1.00 e. The number of fused-ring (bicyclic) bond motifs is 1. The van der Waals surface area contributed by atoms with Crippen LogP contribution in [-0.2, 0) is 9.53 Å². The summed E-state index contributed by atoms with van der Waals surface area (Å²) in [4.78, 5) is 15.3. The predicted octanol–water partition coefficient (Wildman–Crippen LogP) is 3.93. The summed E-state index contributed by atoms with van der Waals surface area (Å²) in [5.41, 5.74) is 4.13. The molecule has 0 radical (unpaired) electrons. The molecule has 202 valence electrons. The van der Waals surface area contributed by atoms with Crippen LogP contribution in [-0.4, -0.2) is 54.3 Å². The Morgan fingerprint density at radius 1 is 1.08 bits per heavy atom. The molecule has 2 fully saturated rings. The first-order chi connectivity index (χ1) is 17.3. The summed E-state index contributed by atoms with van der Waals surface area (Å²) in [6, 6.07) is 17.7. The SMILES string of the molecule is CC1(C)CN([C@@H]2C[C@@H](c3ccccc3)c3ccc(Cl)cc32)CC[N@@+]1(C)COC(=O)CC1CCCCC1.[I-]. The summed E-state index contributed by atoms with van der Waals surface area (Å²) in [7, 11) is 2.26. The lowest BCUT2D eigenvalue weighted by molar-refractivity contribution is -0.974. The third kappa shape index (κ3) is 6.21. The van der Waals surface area contributed by atoms with Crippen molar-refractivity contribution in [3.05, 3.63) is 70.2 Å². The molecule has 3 aliphatic rings. The van der Waals surface area contributed by atoms with Gasteiger partial charge in [-0.25, -0.2) is 0 Å². The van der Waals surface area contributed by atoms with Crippen molar-refractivity contribution < 1.29 is 38.0 Å². The van der Waals surface area contributed by atoms with Crippen molar-refractivity contribution in [3.63, 3.8) is 0 Å². The van der Waals surface area contributed by atoms with E-state index in [9.17, 15) is 4.79 Å². The Hall–Kier alpha value is -1.15. The first-order valence-corrected chi connectivity index (χ1v) is 14.2. The first-order valence-electron chi connectivity index (χ1n) is 13.8. The highest BCUT2D eigenvalue weighted by Gasteiger charge is 2.49. The van der Waals surface area contributed by atoms with E-state index in [1.165, 1.54) is 48.8 Å². The number of ether oxygens (including phenoxy) is 1. The number of piperazine rings is 1. The van der Waals surface area contributed by atoms with Crippen LogP contribution in [0.5, 0.6) is 0 Å². The molecule has 0 unspecified atom stereocenters. The highest BCUT2D eigenvalue weighted by molar-refractivity contribution is 6.30. The topological polar surface area (TPSA) is 29.5 Å². The van der Waals surface area contributed by atoms with Gasteiger partial charge in [0.2, 0.25) is 6.73 Å². The van der Waals surface area contributed by atoms with E-state index in [1.54, 1.807) is 0 Å². The van der Waals surface area contributed by atoms with Crippen LogP contribution in [0.4, 0.5) is 0 Å². The highest BCUT2D eigenvalue weighted by Crippen LogP contribution is 2.48. The summed E-state index contributed by atoms with van der Waals surface area (Å²) in [5, 5.41) is 0.814. The first kappa shape index (κ1) is 28.8. The molecule has 1 aliphatic heterocycles. The van der Waals surface area contributed by atoms with E-state index in [0.29, 0.717) is 31.0 Å². The molecule has 6 heteroatoms. The van der Waals surface area contributed by atoms with E-state index in [4.69, 9.17) is 16.3 Å². The van der Waals surface area contributed by atoms with E-state index < -0.39 is 0 Å². The maximum Gasteiger partial charge on any atom is 0.310 e. The smallest absolute Gasteiger partial charge is 0.310 e. The molecule has 0 amide bonds. The Balaban J connectivity index is 0.00000320. The molecule has 0 N–H and O–H groups in total. The fraction of sp³-hybridized carbons (Fsp3) is 0.581. The summed E-state index contributed by atoms with van der Waals surface area (Å²) < 4.78 is 6.69. The zero-order valence-corrected chi connectivity index (χ0v) is 25.5. The quantitative estimate of drug-likeness (QED) is 0.274. The van der Waals surface area contributed by atoms with Gasteiger partial charge in [-0.2, -0.15) is 0 Å². The second-order valence-electron chi connectivity index (χ2n) is 12.2. The standard InChI is InChI=1S/C31H42ClN2O2.HI/c1-31(2)21-33(16-17-34(31,3)22-36-30(35)18-23-10-6-4-7-11-23)29-20-27(24-12-8-5-9-13-24)26-15-14-25(32)19-28(26)29;/h5,8-9,12-15,19,23,27,29H,4,6-7,10-11,16-18,20-22H2,1-3H3;1H/q+1;/p-1/t27-,29+,34-;/m0./s1. The van der Waals surface area contributed by atoms with Gasteiger partial charge in [-0.05, 0) is 67.9 Å². The van der Waals surface area contributed by atoms with Gasteiger partial charge in [-0.1, -0.05) is 67.3 Å². The Kier molecular flexibility index (Phi) is 9.30. The monoisotopic (exact) mass is 636 g/mol. The number of carbonyl (C=O) groups excluding carboxylic acids is 1. The number of hydrogen-bond acceptors (Lipinski definition) is 3. The van der Waals surface area contributed by atoms with Crippen molar-refractivity contribution in [2.45, 2.75) is 76.3 Å². The number of likely N-dealkylation sites (N-methyl/N-ethyl adjacent to an activating group) is 1. The Labute approximate surface area is 245 Å². The maximum absolute atomic E-state index is 12.7. The minimum absolute atomic E-state index is 0. The van der Waals surface area contributed by atoms with Gasteiger partial charge >= 0.3 is 5.97 Å². The van der Waals surface area contributed by atoms with E-state index in [0.717, 1.165) is 35.6 Å². The third-order valence-electron chi connectivity index (χ3n) is 9.51. The van der Waals surface area contributed by atoms with Gasteiger partial charge in [0.1, 0.15) is 5.54 Å². The van der Waals surface area contributed by atoms with Crippen molar-refractivity contribution in [2.75, 3.05) is 33.4 Å². The zero-order valence-electron chi connectivity index (χ0n) is 22.6. The molecule has 2 aliphatic carbocycles. The summed E-state index contributed by atoms with van der Waals surface area (Å²) >= 11 is 6.49. The average Bonchev–Trinajstić information content (AvgIpc) is 3.24. The number of carbonyl (C=O) groups is 1.